The summed E-state index contributed by atoms with van der Waals surface area (Å²) in [5.41, 5.74) is 7.26. The number of nitrogens with two attached hydrogens (primary N) is 1. The van der Waals surface area contributed by atoms with Crippen LogP contribution in [-0.4, -0.2) is 4.98 Å². The second kappa shape index (κ2) is 4.45. The van der Waals surface area contributed by atoms with Crippen molar-refractivity contribution < 1.29 is 1.43 Å². The normalized spacial score (nSPS) is 9.08. The van der Waals surface area contributed by atoms with Gasteiger partial charge in [-0.25, -0.2) is 0 Å². The Morgan fingerprint density at radius 3 is 2.69 bits per heavy atom. The smallest absolute Gasteiger partial charge is 0.0703 e. The van der Waals surface area contributed by atoms with E-state index in [4.69, 9.17) is 5.73 Å². The largest absolute Gasteiger partial charge is 0.397 e. The molecule has 1 aromatic heterocycles. The number of hydrogen-bond donors (Lipinski definition) is 1. The van der Waals surface area contributed by atoms with E-state index in [0.717, 1.165) is 10.9 Å². The standard InChI is InChI=1S/C9H8N2.C2H6.H2/c10-8-5-7-3-1-2-4-9(7)11-6-8;1-2;/h1-6H,10H2;1-2H3;1H. The molecule has 0 aliphatic carbocycles. The zero-order valence-corrected chi connectivity index (χ0v) is 7.99. The fourth-order valence-corrected chi connectivity index (χ4v) is 1.09. The van der Waals surface area contributed by atoms with Gasteiger partial charge in [0.05, 0.1) is 17.4 Å². The minimum Gasteiger partial charge on any atom is -0.397 e. The highest BCUT2D eigenvalue weighted by molar-refractivity contribution is 5.80. The number of fused-ring (bicyclic) bond motifs is 1. The molecule has 2 heteroatoms. The lowest BCUT2D eigenvalue weighted by Crippen LogP contribution is -1.85. The summed E-state index contributed by atoms with van der Waals surface area (Å²) in [5.74, 6) is 0. The zero-order chi connectivity index (χ0) is 9.68. The maximum Gasteiger partial charge on any atom is 0.0703 e. The van der Waals surface area contributed by atoms with E-state index in [9.17, 15) is 0 Å². The molecule has 0 unspecified atom stereocenters. The van der Waals surface area contributed by atoms with Gasteiger partial charge in [-0.15, -0.1) is 0 Å². The van der Waals surface area contributed by atoms with Crippen LogP contribution in [0, 0.1) is 0 Å². The van der Waals surface area contributed by atoms with Crippen molar-refractivity contribution in [3.8, 4) is 0 Å². The summed E-state index contributed by atoms with van der Waals surface area (Å²) in [4.78, 5) is 4.16. The second-order valence-electron chi connectivity index (χ2n) is 2.46. The average Bonchev–Trinajstić information content (AvgIpc) is 2.21. The molecule has 0 aliphatic rings. The minimum absolute atomic E-state index is 0. The van der Waals surface area contributed by atoms with E-state index in [1.807, 2.05) is 44.2 Å². The molecule has 0 saturated carbocycles. The number of nitrogens with zero attached hydrogens (tertiary/aromatic N) is 1. The van der Waals surface area contributed by atoms with Crippen molar-refractivity contribution in [1.82, 2.24) is 4.98 Å². The minimum atomic E-state index is 0. The molecule has 0 bridgehead atoms. The van der Waals surface area contributed by atoms with E-state index < -0.39 is 0 Å². The fraction of sp³-hybridized carbons (Fsp3) is 0.182. The van der Waals surface area contributed by atoms with Crippen LogP contribution in [0.1, 0.15) is 15.3 Å². The predicted octanol–water partition coefficient (Wildman–Crippen LogP) is 3.09. The Hall–Kier alpha value is -1.57. The van der Waals surface area contributed by atoms with Crippen molar-refractivity contribution in [2.75, 3.05) is 5.73 Å². The van der Waals surface area contributed by atoms with Crippen LogP contribution in [0.2, 0.25) is 0 Å². The molecule has 1 aromatic carbocycles. The van der Waals surface area contributed by atoms with E-state index >= 15 is 0 Å². The average molecular weight is 176 g/mol. The molecule has 0 spiro atoms. The molecule has 0 fully saturated rings. The van der Waals surface area contributed by atoms with Crippen LogP contribution in [0.3, 0.4) is 0 Å². The van der Waals surface area contributed by atoms with Gasteiger partial charge in [-0.05, 0) is 12.1 Å². The first-order chi connectivity index (χ1) is 6.36. The third-order valence-corrected chi connectivity index (χ3v) is 1.61. The van der Waals surface area contributed by atoms with Crippen molar-refractivity contribution in [2.45, 2.75) is 13.8 Å². The van der Waals surface area contributed by atoms with E-state index in [-0.39, 0.29) is 1.43 Å². The highest BCUT2D eigenvalue weighted by Crippen LogP contribution is 2.12. The molecule has 2 nitrogen and oxygen atoms in total. The van der Waals surface area contributed by atoms with Crippen LogP contribution in [0.5, 0.6) is 0 Å². The summed E-state index contributed by atoms with van der Waals surface area (Å²) in [7, 11) is 0. The Morgan fingerprint density at radius 1 is 1.23 bits per heavy atom. The molecule has 13 heavy (non-hydrogen) atoms. The van der Waals surface area contributed by atoms with E-state index in [0.29, 0.717) is 5.69 Å². The molecule has 2 rings (SSSR count). The van der Waals surface area contributed by atoms with Gasteiger partial charge in [-0.1, -0.05) is 32.0 Å². The number of rotatable bonds is 0. The van der Waals surface area contributed by atoms with E-state index in [1.54, 1.807) is 6.20 Å². The number of para-hydroxylation sites is 1. The Labute approximate surface area is 79.9 Å². The highest BCUT2D eigenvalue weighted by atomic mass is 14.7. The number of anilines is 1. The van der Waals surface area contributed by atoms with Gasteiger partial charge in [-0.3, -0.25) is 4.98 Å². The topological polar surface area (TPSA) is 38.9 Å². The van der Waals surface area contributed by atoms with Crippen molar-refractivity contribution in [1.29, 1.82) is 0 Å². The molecular weight excluding hydrogens is 160 g/mol. The lowest BCUT2D eigenvalue weighted by Gasteiger charge is -1.95. The summed E-state index contributed by atoms with van der Waals surface area (Å²) in [6.45, 7) is 4.00. The Balaban J connectivity index is 0.000000531. The molecule has 2 N–H and O–H groups in total. The summed E-state index contributed by atoms with van der Waals surface area (Å²) >= 11 is 0. The first-order valence-corrected chi connectivity index (χ1v) is 4.46. The predicted molar refractivity (Wildman–Crippen MR) is 59.6 cm³/mol. The molecule has 0 atom stereocenters. The first kappa shape index (κ1) is 9.52. The van der Waals surface area contributed by atoms with Gasteiger partial charge in [0.25, 0.3) is 0 Å². The Kier molecular flexibility index (Phi) is 3.26. The lowest BCUT2D eigenvalue weighted by atomic mass is 10.2. The van der Waals surface area contributed by atoms with Crippen LogP contribution in [0.15, 0.2) is 36.5 Å². The number of hydrogen-bond acceptors (Lipinski definition) is 2. The maximum atomic E-state index is 5.56. The summed E-state index contributed by atoms with van der Waals surface area (Å²) in [6.07, 6.45) is 1.67. The summed E-state index contributed by atoms with van der Waals surface area (Å²) in [5, 5.41) is 1.09. The van der Waals surface area contributed by atoms with Crippen molar-refractivity contribution in [3.05, 3.63) is 36.5 Å². The van der Waals surface area contributed by atoms with Crippen molar-refractivity contribution in [3.63, 3.8) is 0 Å². The van der Waals surface area contributed by atoms with Gasteiger partial charge in [0, 0.05) is 6.81 Å². The van der Waals surface area contributed by atoms with Crippen LogP contribution < -0.4 is 5.73 Å². The van der Waals surface area contributed by atoms with Crippen LogP contribution in [-0.2, 0) is 0 Å². The molecule has 70 valence electrons. The molecule has 2 aromatic rings. The molecule has 0 radical (unpaired) electrons. The monoisotopic (exact) mass is 176 g/mol. The third-order valence-electron chi connectivity index (χ3n) is 1.61. The van der Waals surface area contributed by atoms with Gasteiger partial charge in [0.2, 0.25) is 0 Å². The van der Waals surface area contributed by atoms with E-state index in [1.165, 1.54) is 0 Å². The Morgan fingerprint density at radius 2 is 1.92 bits per heavy atom. The third kappa shape index (κ3) is 2.18. The Bertz CT molecular complexity index is 388. The first-order valence-electron chi connectivity index (χ1n) is 4.46. The molecule has 0 saturated heterocycles. The molecule has 0 amide bonds. The van der Waals surface area contributed by atoms with Crippen molar-refractivity contribution >= 4 is 16.6 Å². The summed E-state index contributed by atoms with van der Waals surface area (Å²) in [6, 6.07) is 9.82. The van der Waals surface area contributed by atoms with E-state index in [2.05, 4.69) is 4.98 Å². The van der Waals surface area contributed by atoms with Gasteiger partial charge in [0.1, 0.15) is 0 Å². The zero-order valence-electron chi connectivity index (χ0n) is 7.99. The molecular formula is C11H16N2. The highest BCUT2D eigenvalue weighted by Gasteiger charge is 1.91. The van der Waals surface area contributed by atoms with Crippen LogP contribution >= 0.6 is 0 Å². The van der Waals surface area contributed by atoms with Gasteiger partial charge < -0.3 is 5.73 Å². The number of nitrogen functional groups attached to an aromatic ring is 1. The molecule has 0 aliphatic heterocycles. The van der Waals surface area contributed by atoms with Crippen LogP contribution in [0.4, 0.5) is 5.69 Å². The quantitative estimate of drug-likeness (QED) is 0.670. The summed E-state index contributed by atoms with van der Waals surface area (Å²) < 4.78 is 0. The number of pyridine rings is 1. The maximum absolute atomic E-state index is 5.56. The second-order valence-corrected chi connectivity index (χ2v) is 2.46. The van der Waals surface area contributed by atoms with Crippen LogP contribution in [0.25, 0.3) is 10.9 Å². The number of benzene rings is 1. The fourth-order valence-electron chi connectivity index (χ4n) is 1.09. The number of aromatic nitrogens is 1. The SMILES string of the molecule is CC.Nc1cnc2ccccc2c1.[HH]. The molecule has 1 heterocycles. The van der Waals surface area contributed by atoms with Gasteiger partial charge in [0.15, 0.2) is 0 Å². The van der Waals surface area contributed by atoms with Gasteiger partial charge in [-0.2, -0.15) is 0 Å². The van der Waals surface area contributed by atoms with Gasteiger partial charge >= 0.3 is 0 Å². The lowest BCUT2D eigenvalue weighted by molar-refractivity contribution is 1.41. The van der Waals surface area contributed by atoms with Crippen molar-refractivity contribution in [2.24, 2.45) is 0 Å².